The van der Waals surface area contributed by atoms with Gasteiger partial charge in [-0.2, -0.15) is 0 Å². The molecule has 0 aromatic heterocycles. The van der Waals surface area contributed by atoms with Gasteiger partial charge in [0.05, 0.1) is 0 Å². The third-order valence-electron chi connectivity index (χ3n) is 1.99. The second-order valence-electron chi connectivity index (χ2n) is 4.45. The first-order chi connectivity index (χ1) is 5.91. The summed E-state index contributed by atoms with van der Waals surface area (Å²) >= 11 is 0. The number of benzene rings is 1. The zero-order valence-corrected chi connectivity index (χ0v) is 8.72. The topological polar surface area (TPSA) is 17.1 Å². The summed E-state index contributed by atoms with van der Waals surface area (Å²) in [6, 6.07) is 7.73. The Kier molecular flexibility index (Phi) is 2.55. The molecule has 13 heavy (non-hydrogen) atoms. The lowest BCUT2D eigenvalue weighted by atomic mass is 10.1. The van der Waals surface area contributed by atoms with E-state index in [-0.39, 0.29) is 11.2 Å². The van der Waals surface area contributed by atoms with Crippen LogP contribution in [0.2, 0.25) is 0 Å². The fourth-order valence-corrected chi connectivity index (χ4v) is 1.14. The number of hydrogen-bond acceptors (Lipinski definition) is 1. The standard InChI is InChI=1S/C12H16O/c1-9-5-7-10(8-6-9)11(13)12(2,3)4/h5-8H,1-4H3/i11+2. The molecule has 70 valence electrons. The first-order valence-electron chi connectivity index (χ1n) is 4.53. The maximum Gasteiger partial charge on any atom is 0.168 e. The third kappa shape index (κ3) is 2.41. The van der Waals surface area contributed by atoms with E-state index in [4.69, 9.17) is 0 Å². The van der Waals surface area contributed by atoms with Crippen LogP contribution in [-0.4, -0.2) is 5.78 Å². The maximum absolute atomic E-state index is 11.8. The van der Waals surface area contributed by atoms with E-state index in [1.807, 2.05) is 52.0 Å². The lowest BCUT2D eigenvalue weighted by Gasteiger charge is -2.16. The summed E-state index contributed by atoms with van der Waals surface area (Å²) in [7, 11) is 0. The average Bonchev–Trinajstić information content (AvgIpc) is 2.03. The fourth-order valence-electron chi connectivity index (χ4n) is 1.14. The lowest BCUT2D eigenvalue weighted by molar-refractivity contribution is 0.0858. The van der Waals surface area contributed by atoms with Crippen molar-refractivity contribution in [2.75, 3.05) is 0 Å². The number of ketones is 1. The second-order valence-corrected chi connectivity index (χ2v) is 4.45. The average molecular weight is 178 g/mol. The van der Waals surface area contributed by atoms with E-state index in [0.717, 1.165) is 5.56 Å². The van der Waals surface area contributed by atoms with E-state index in [9.17, 15) is 4.79 Å². The molecule has 0 radical (unpaired) electrons. The Labute approximate surface area is 79.8 Å². The molecule has 1 nitrogen and oxygen atoms in total. The molecule has 0 amide bonds. The van der Waals surface area contributed by atoms with Gasteiger partial charge in [-0.25, -0.2) is 0 Å². The highest BCUT2D eigenvalue weighted by atomic mass is 16.3. The minimum atomic E-state index is -0.282. The van der Waals surface area contributed by atoms with Gasteiger partial charge in [0.1, 0.15) is 0 Å². The molecule has 1 heteroatoms. The Morgan fingerprint density at radius 2 is 1.54 bits per heavy atom. The Balaban J connectivity index is 2.97. The molecule has 0 fully saturated rings. The van der Waals surface area contributed by atoms with Crippen molar-refractivity contribution in [3.8, 4) is 0 Å². The number of carbonyl (C=O) groups excluding carboxylic acids is 1. The van der Waals surface area contributed by atoms with Gasteiger partial charge in [0.15, 0.2) is 5.78 Å². The summed E-state index contributed by atoms with van der Waals surface area (Å²) in [5.41, 5.74) is 1.71. The Morgan fingerprint density at radius 3 is 1.92 bits per heavy atom. The van der Waals surface area contributed by atoms with Crippen LogP contribution in [0.25, 0.3) is 0 Å². The molecule has 0 aliphatic heterocycles. The fraction of sp³-hybridized carbons (Fsp3) is 0.417. The van der Waals surface area contributed by atoms with E-state index >= 15 is 0 Å². The lowest BCUT2D eigenvalue weighted by Crippen LogP contribution is -2.19. The summed E-state index contributed by atoms with van der Waals surface area (Å²) in [6.07, 6.45) is 0. The second kappa shape index (κ2) is 3.33. The van der Waals surface area contributed by atoms with Crippen molar-refractivity contribution in [1.82, 2.24) is 0 Å². The first-order valence-corrected chi connectivity index (χ1v) is 4.53. The highest BCUT2D eigenvalue weighted by Crippen LogP contribution is 2.20. The molecule has 0 bridgehead atoms. The van der Waals surface area contributed by atoms with Crippen LogP contribution in [0.4, 0.5) is 0 Å². The van der Waals surface area contributed by atoms with E-state index in [1.54, 1.807) is 0 Å². The minimum Gasteiger partial charge on any atom is -0.294 e. The van der Waals surface area contributed by atoms with Gasteiger partial charge >= 0.3 is 0 Å². The van der Waals surface area contributed by atoms with Crippen LogP contribution in [0.3, 0.4) is 0 Å². The van der Waals surface area contributed by atoms with E-state index in [2.05, 4.69) is 0 Å². The molecule has 1 aromatic carbocycles. The highest BCUT2D eigenvalue weighted by molar-refractivity contribution is 5.99. The third-order valence-corrected chi connectivity index (χ3v) is 1.99. The SMILES string of the molecule is Cc1ccc([14C](=O)C(C)(C)C)cc1. The van der Waals surface area contributed by atoms with Gasteiger partial charge in [-0.3, -0.25) is 4.79 Å². The summed E-state index contributed by atoms with van der Waals surface area (Å²) in [4.78, 5) is 11.8. The Morgan fingerprint density at radius 1 is 1.08 bits per heavy atom. The predicted octanol–water partition coefficient (Wildman–Crippen LogP) is 3.22. The molecule has 0 spiro atoms. The zero-order valence-electron chi connectivity index (χ0n) is 8.72. The highest BCUT2D eigenvalue weighted by Gasteiger charge is 2.22. The molecule has 1 aromatic rings. The van der Waals surface area contributed by atoms with Crippen molar-refractivity contribution >= 4 is 5.78 Å². The molecule has 0 aliphatic carbocycles. The number of hydrogen-bond donors (Lipinski definition) is 0. The molecule has 0 saturated carbocycles. The summed E-state index contributed by atoms with van der Waals surface area (Å²) in [5.74, 6) is 0.201. The molecule has 0 N–H and O–H groups in total. The van der Waals surface area contributed by atoms with Gasteiger partial charge in [0, 0.05) is 11.0 Å². The van der Waals surface area contributed by atoms with Crippen LogP contribution >= 0.6 is 0 Å². The monoisotopic (exact) mass is 178 g/mol. The van der Waals surface area contributed by atoms with Gasteiger partial charge in [-0.1, -0.05) is 50.6 Å². The molecule has 0 saturated heterocycles. The molecular formula is C12H16O. The molecule has 0 heterocycles. The molecular weight excluding hydrogens is 162 g/mol. The van der Waals surface area contributed by atoms with Gasteiger partial charge in [0.2, 0.25) is 0 Å². The van der Waals surface area contributed by atoms with E-state index in [0.29, 0.717) is 0 Å². The van der Waals surface area contributed by atoms with Crippen molar-refractivity contribution in [3.63, 3.8) is 0 Å². The minimum absolute atomic E-state index is 0.201. The van der Waals surface area contributed by atoms with Crippen LogP contribution in [0.1, 0.15) is 36.7 Å². The molecule has 0 unspecified atom stereocenters. The van der Waals surface area contributed by atoms with Crippen LogP contribution < -0.4 is 0 Å². The van der Waals surface area contributed by atoms with Gasteiger partial charge in [0.25, 0.3) is 0 Å². The van der Waals surface area contributed by atoms with Gasteiger partial charge < -0.3 is 0 Å². The van der Waals surface area contributed by atoms with Crippen LogP contribution in [0.5, 0.6) is 0 Å². The van der Waals surface area contributed by atoms with Crippen molar-refractivity contribution in [3.05, 3.63) is 35.4 Å². The summed E-state index contributed by atoms with van der Waals surface area (Å²) in [6.45, 7) is 7.84. The molecule has 0 aliphatic rings. The predicted molar refractivity (Wildman–Crippen MR) is 55.0 cm³/mol. The normalized spacial score (nSPS) is 11.4. The largest absolute Gasteiger partial charge is 0.294 e. The number of Topliss-reactive ketones (excluding diaryl/α,β-unsaturated/α-hetero) is 1. The number of rotatable bonds is 1. The van der Waals surface area contributed by atoms with Gasteiger partial charge in [-0.05, 0) is 6.92 Å². The summed E-state index contributed by atoms with van der Waals surface area (Å²) in [5, 5.41) is 0. The van der Waals surface area contributed by atoms with Crippen molar-refractivity contribution in [1.29, 1.82) is 0 Å². The maximum atomic E-state index is 11.8. The Hall–Kier alpha value is -1.11. The Bertz CT molecular complexity index is 301. The first kappa shape index (κ1) is 9.97. The smallest absolute Gasteiger partial charge is 0.168 e. The summed E-state index contributed by atoms with van der Waals surface area (Å²) < 4.78 is 0. The number of carbonyl (C=O) groups is 1. The van der Waals surface area contributed by atoms with Crippen molar-refractivity contribution in [2.24, 2.45) is 5.41 Å². The van der Waals surface area contributed by atoms with Gasteiger partial charge in [-0.15, -0.1) is 0 Å². The van der Waals surface area contributed by atoms with Crippen molar-refractivity contribution in [2.45, 2.75) is 27.7 Å². The van der Waals surface area contributed by atoms with Crippen LogP contribution in [-0.2, 0) is 0 Å². The quantitative estimate of drug-likeness (QED) is 0.603. The van der Waals surface area contributed by atoms with Crippen LogP contribution in [0, 0.1) is 12.3 Å². The van der Waals surface area contributed by atoms with E-state index in [1.165, 1.54) is 5.56 Å². The zero-order chi connectivity index (χ0) is 10.1. The van der Waals surface area contributed by atoms with Crippen molar-refractivity contribution < 1.29 is 4.79 Å². The molecule has 1 rings (SSSR count). The molecule has 0 atom stereocenters. The number of aryl methyl sites for hydroxylation is 1. The van der Waals surface area contributed by atoms with Crippen LogP contribution in [0.15, 0.2) is 24.3 Å². The van der Waals surface area contributed by atoms with E-state index < -0.39 is 0 Å².